The van der Waals surface area contributed by atoms with Crippen LogP contribution < -0.4 is 5.73 Å². The van der Waals surface area contributed by atoms with Gasteiger partial charge in [-0.2, -0.15) is 5.26 Å². The van der Waals surface area contributed by atoms with Crippen LogP contribution in [-0.4, -0.2) is 15.7 Å². The zero-order valence-electron chi connectivity index (χ0n) is 9.92. The van der Waals surface area contributed by atoms with Gasteiger partial charge in [0.15, 0.2) is 5.82 Å². The van der Waals surface area contributed by atoms with Crippen LogP contribution in [0.25, 0.3) is 11.4 Å². The molecule has 0 aliphatic carbocycles. The Labute approximate surface area is 110 Å². The second kappa shape index (κ2) is 5.52. The first kappa shape index (κ1) is 12.4. The van der Waals surface area contributed by atoms with Crippen molar-refractivity contribution in [3.8, 4) is 17.5 Å². The third-order valence-corrected chi connectivity index (χ3v) is 3.26. The summed E-state index contributed by atoms with van der Waals surface area (Å²) in [6.45, 7) is 2.11. The van der Waals surface area contributed by atoms with E-state index < -0.39 is 0 Å². The van der Waals surface area contributed by atoms with Crippen LogP contribution in [0, 0.1) is 11.3 Å². The molecule has 0 bridgehead atoms. The van der Waals surface area contributed by atoms with Gasteiger partial charge in [0, 0.05) is 10.5 Å². The molecule has 0 fully saturated rings. The molecule has 1 aromatic carbocycles. The van der Waals surface area contributed by atoms with E-state index in [0.29, 0.717) is 11.4 Å². The molecule has 5 heteroatoms. The van der Waals surface area contributed by atoms with Crippen LogP contribution in [0.15, 0.2) is 35.4 Å². The molecule has 1 heterocycles. The molecule has 18 heavy (non-hydrogen) atoms. The average molecular weight is 256 g/mol. The summed E-state index contributed by atoms with van der Waals surface area (Å²) in [5, 5.41) is 8.76. The summed E-state index contributed by atoms with van der Waals surface area (Å²) in [4.78, 5) is 9.47. The smallest absolute Gasteiger partial charge is 0.161 e. The first-order valence-electron chi connectivity index (χ1n) is 5.50. The molecular formula is C13H12N4S. The van der Waals surface area contributed by atoms with Gasteiger partial charge in [-0.1, -0.05) is 19.1 Å². The SMILES string of the molecule is CCSc1ccc(-c2ncc(C#N)c(N)n2)cc1. The topological polar surface area (TPSA) is 75.6 Å². The minimum absolute atomic E-state index is 0.217. The first-order chi connectivity index (χ1) is 8.74. The van der Waals surface area contributed by atoms with Crippen LogP contribution in [0.1, 0.15) is 12.5 Å². The normalized spacial score (nSPS) is 10.0. The Bertz CT molecular complexity index is 587. The number of benzene rings is 1. The molecule has 2 rings (SSSR count). The lowest BCUT2D eigenvalue weighted by molar-refractivity contribution is 1.17. The van der Waals surface area contributed by atoms with Gasteiger partial charge >= 0.3 is 0 Å². The number of hydrogen-bond donors (Lipinski definition) is 1. The van der Waals surface area contributed by atoms with E-state index in [1.807, 2.05) is 30.3 Å². The van der Waals surface area contributed by atoms with E-state index in [1.165, 1.54) is 11.1 Å². The number of nitrogens with zero attached hydrogens (tertiary/aromatic N) is 3. The Morgan fingerprint density at radius 2 is 2.06 bits per heavy atom. The lowest BCUT2D eigenvalue weighted by Gasteiger charge is -2.03. The van der Waals surface area contributed by atoms with E-state index in [0.717, 1.165) is 11.3 Å². The van der Waals surface area contributed by atoms with Crippen molar-refractivity contribution in [1.29, 1.82) is 5.26 Å². The van der Waals surface area contributed by atoms with Crippen molar-refractivity contribution in [2.45, 2.75) is 11.8 Å². The fourth-order valence-corrected chi connectivity index (χ4v) is 2.15. The average Bonchev–Trinajstić information content (AvgIpc) is 2.40. The Morgan fingerprint density at radius 3 is 2.61 bits per heavy atom. The third-order valence-electron chi connectivity index (χ3n) is 2.36. The second-order valence-electron chi connectivity index (χ2n) is 3.56. The Morgan fingerprint density at radius 1 is 1.33 bits per heavy atom. The number of nitrogens with two attached hydrogens (primary N) is 1. The predicted molar refractivity (Wildman–Crippen MR) is 73.0 cm³/mol. The monoisotopic (exact) mass is 256 g/mol. The van der Waals surface area contributed by atoms with Gasteiger partial charge in [0.25, 0.3) is 0 Å². The number of nitriles is 1. The molecule has 0 atom stereocenters. The number of hydrogen-bond acceptors (Lipinski definition) is 5. The zero-order valence-corrected chi connectivity index (χ0v) is 10.7. The minimum atomic E-state index is 0.217. The molecule has 2 N–H and O–H groups in total. The Balaban J connectivity index is 2.31. The van der Waals surface area contributed by atoms with Crippen LogP contribution in [-0.2, 0) is 0 Å². The van der Waals surface area contributed by atoms with Crippen LogP contribution >= 0.6 is 11.8 Å². The van der Waals surface area contributed by atoms with E-state index in [1.54, 1.807) is 11.8 Å². The van der Waals surface area contributed by atoms with Crippen molar-refractivity contribution in [2.75, 3.05) is 11.5 Å². The van der Waals surface area contributed by atoms with Gasteiger partial charge < -0.3 is 5.73 Å². The molecule has 0 unspecified atom stereocenters. The molecule has 0 spiro atoms. The third kappa shape index (κ3) is 2.60. The molecule has 90 valence electrons. The van der Waals surface area contributed by atoms with Gasteiger partial charge in [-0.05, 0) is 17.9 Å². The van der Waals surface area contributed by atoms with Gasteiger partial charge in [0.2, 0.25) is 0 Å². The van der Waals surface area contributed by atoms with Gasteiger partial charge in [0.05, 0.1) is 6.20 Å². The second-order valence-corrected chi connectivity index (χ2v) is 4.90. The summed E-state index contributed by atoms with van der Waals surface area (Å²) in [6, 6.07) is 9.92. The highest BCUT2D eigenvalue weighted by Gasteiger charge is 2.05. The van der Waals surface area contributed by atoms with E-state index >= 15 is 0 Å². The van der Waals surface area contributed by atoms with Crippen molar-refractivity contribution >= 4 is 17.6 Å². The summed E-state index contributed by atoms with van der Waals surface area (Å²) in [5.74, 6) is 1.80. The zero-order chi connectivity index (χ0) is 13.0. The largest absolute Gasteiger partial charge is 0.382 e. The lowest BCUT2D eigenvalue weighted by Crippen LogP contribution is -1.98. The van der Waals surface area contributed by atoms with Gasteiger partial charge in [-0.3, -0.25) is 0 Å². The molecule has 1 aromatic heterocycles. The molecule has 0 saturated carbocycles. The summed E-state index contributed by atoms with van der Waals surface area (Å²) >= 11 is 1.78. The van der Waals surface area contributed by atoms with Crippen LogP contribution in [0.2, 0.25) is 0 Å². The summed E-state index contributed by atoms with van der Waals surface area (Å²) in [5.41, 5.74) is 6.87. The highest BCUT2D eigenvalue weighted by Crippen LogP contribution is 2.22. The van der Waals surface area contributed by atoms with Crippen molar-refractivity contribution < 1.29 is 0 Å². The molecule has 0 aliphatic heterocycles. The molecule has 0 amide bonds. The quantitative estimate of drug-likeness (QED) is 0.854. The Kier molecular flexibility index (Phi) is 3.80. The minimum Gasteiger partial charge on any atom is -0.382 e. The molecule has 0 saturated heterocycles. The van der Waals surface area contributed by atoms with Gasteiger partial charge in [-0.25, -0.2) is 9.97 Å². The highest BCUT2D eigenvalue weighted by molar-refractivity contribution is 7.99. The fraction of sp³-hybridized carbons (Fsp3) is 0.154. The maximum absolute atomic E-state index is 8.76. The number of aromatic nitrogens is 2. The maximum Gasteiger partial charge on any atom is 0.161 e. The Hall–Kier alpha value is -2.06. The van der Waals surface area contributed by atoms with Crippen molar-refractivity contribution in [3.63, 3.8) is 0 Å². The van der Waals surface area contributed by atoms with E-state index in [4.69, 9.17) is 11.0 Å². The maximum atomic E-state index is 8.76. The van der Waals surface area contributed by atoms with Crippen molar-refractivity contribution in [1.82, 2.24) is 9.97 Å². The predicted octanol–water partition coefficient (Wildman–Crippen LogP) is 2.71. The van der Waals surface area contributed by atoms with Crippen molar-refractivity contribution in [2.24, 2.45) is 0 Å². The standard InChI is InChI=1S/C13H12N4S/c1-2-18-11-5-3-9(4-6-11)13-16-8-10(7-14)12(15)17-13/h3-6,8H,2H2,1H3,(H2,15,16,17). The highest BCUT2D eigenvalue weighted by atomic mass is 32.2. The molecule has 0 aliphatic rings. The number of anilines is 1. The number of thioether (sulfide) groups is 1. The fourth-order valence-electron chi connectivity index (χ4n) is 1.49. The molecule has 4 nitrogen and oxygen atoms in total. The molecule has 2 aromatic rings. The van der Waals surface area contributed by atoms with E-state index in [-0.39, 0.29) is 5.82 Å². The lowest BCUT2D eigenvalue weighted by atomic mass is 10.2. The van der Waals surface area contributed by atoms with E-state index in [9.17, 15) is 0 Å². The van der Waals surface area contributed by atoms with Gasteiger partial charge in [0.1, 0.15) is 17.5 Å². The van der Waals surface area contributed by atoms with Crippen LogP contribution in [0.4, 0.5) is 5.82 Å². The first-order valence-corrected chi connectivity index (χ1v) is 6.49. The summed E-state index contributed by atoms with van der Waals surface area (Å²) < 4.78 is 0. The molecular weight excluding hydrogens is 244 g/mol. The van der Waals surface area contributed by atoms with Gasteiger partial charge in [-0.15, -0.1) is 11.8 Å². The van der Waals surface area contributed by atoms with E-state index in [2.05, 4.69) is 16.9 Å². The van der Waals surface area contributed by atoms with Crippen molar-refractivity contribution in [3.05, 3.63) is 36.0 Å². The summed E-state index contributed by atoms with van der Waals surface area (Å²) in [6.07, 6.45) is 1.45. The summed E-state index contributed by atoms with van der Waals surface area (Å²) in [7, 11) is 0. The number of rotatable bonds is 3. The molecule has 0 radical (unpaired) electrons. The number of nitrogen functional groups attached to an aromatic ring is 1. The van der Waals surface area contributed by atoms with Crippen LogP contribution in [0.3, 0.4) is 0 Å². The van der Waals surface area contributed by atoms with Crippen LogP contribution in [0.5, 0.6) is 0 Å².